The summed E-state index contributed by atoms with van der Waals surface area (Å²) < 4.78 is 7.58. The second kappa shape index (κ2) is 11.4. The number of ether oxygens (including phenoxy) is 1. The molecule has 7 nitrogen and oxygen atoms in total. The van der Waals surface area contributed by atoms with Crippen LogP contribution in [0.1, 0.15) is 30.9 Å². The van der Waals surface area contributed by atoms with Crippen LogP contribution in [0.25, 0.3) is 0 Å². The molecule has 0 radical (unpaired) electrons. The van der Waals surface area contributed by atoms with E-state index in [1.54, 1.807) is 0 Å². The molecule has 0 unspecified atom stereocenters. The van der Waals surface area contributed by atoms with Gasteiger partial charge in [0.25, 0.3) is 0 Å². The minimum Gasteiger partial charge on any atom is -0.381 e. The van der Waals surface area contributed by atoms with Crippen molar-refractivity contribution in [3.05, 3.63) is 24.3 Å². The van der Waals surface area contributed by atoms with E-state index in [0.717, 1.165) is 49.7 Å². The molecule has 0 atom stereocenters. The van der Waals surface area contributed by atoms with Crippen molar-refractivity contribution in [2.75, 3.05) is 26.3 Å². The number of aryl methyl sites for hydroxylation is 1. The maximum Gasteiger partial charge on any atom is 0.191 e. The molecule has 0 saturated heterocycles. The highest BCUT2D eigenvalue weighted by molar-refractivity contribution is 14.0. The number of hydrogen-bond acceptors (Lipinski definition) is 4. The number of nitrogens with one attached hydrogen (secondary N) is 2. The summed E-state index contributed by atoms with van der Waals surface area (Å²) in [6, 6.07) is 0. The average molecular weight is 448 g/mol. The van der Waals surface area contributed by atoms with Gasteiger partial charge >= 0.3 is 0 Å². The van der Waals surface area contributed by atoms with Crippen LogP contribution in [0.2, 0.25) is 0 Å². The van der Waals surface area contributed by atoms with Gasteiger partial charge in [-0.3, -0.25) is 0 Å². The molecule has 1 saturated carbocycles. The van der Waals surface area contributed by atoms with Gasteiger partial charge < -0.3 is 19.9 Å². The first-order chi connectivity index (χ1) is 11.2. The monoisotopic (exact) mass is 448 g/mol. The van der Waals surface area contributed by atoms with Crippen molar-refractivity contribution in [2.45, 2.75) is 32.7 Å². The standard InChI is InChI=1S/C16H28N6O.HI/c1-4-8-17-16(18-9-5-10-23-12-14-6-7-14)19-11-15-21-20-13(2)22(15)3;/h4,14H,1,5-12H2,2-3H3,(H2,17,18,19);1H. The first-order valence-electron chi connectivity index (χ1n) is 8.26. The summed E-state index contributed by atoms with van der Waals surface area (Å²) in [5.41, 5.74) is 0. The SMILES string of the molecule is C=CCNC(=NCc1nnc(C)n1C)NCCCOCC1CC1.I. The Balaban J connectivity index is 0.00000288. The molecule has 0 spiro atoms. The molecule has 1 aromatic rings. The zero-order chi connectivity index (χ0) is 16.5. The van der Waals surface area contributed by atoms with E-state index in [2.05, 4.69) is 32.4 Å². The number of nitrogens with zero attached hydrogens (tertiary/aromatic N) is 4. The normalized spacial score (nSPS) is 14.2. The topological polar surface area (TPSA) is 76.4 Å². The Morgan fingerprint density at radius 2 is 2.21 bits per heavy atom. The van der Waals surface area contributed by atoms with E-state index < -0.39 is 0 Å². The quantitative estimate of drug-likeness (QED) is 0.188. The molecule has 136 valence electrons. The van der Waals surface area contributed by atoms with Gasteiger partial charge in [-0.25, -0.2) is 4.99 Å². The average Bonchev–Trinajstić information content (AvgIpc) is 3.32. The third-order valence-corrected chi connectivity index (χ3v) is 3.78. The highest BCUT2D eigenvalue weighted by Crippen LogP contribution is 2.28. The van der Waals surface area contributed by atoms with Crippen molar-refractivity contribution in [1.29, 1.82) is 0 Å². The Kier molecular flexibility index (Phi) is 9.92. The van der Waals surface area contributed by atoms with Gasteiger partial charge in [-0.15, -0.1) is 40.8 Å². The lowest BCUT2D eigenvalue weighted by atomic mass is 10.4. The Bertz CT molecular complexity index is 527. The second-order valence-corrected chi connectivity index (χ2v) is 5.86. The van der Waals surface area contributed by atoms with Crippen LogP contribution in [0, 0.1) is 12.8 Å². The number of aromatic nitrogens is 3. The van der Waals surface area contributed by atoms with E-state index in [1.165, 1.54) is 12.8 Å². The molecule has 1 aromatic heterocycles. The third kappa shape index (κ3) is 7.61. The van der Waals surface area contributed by atoms with Gasteiger partial charge in [-0.2, -0.15) is 0 Å². The van der Waals surface area contributed by atoms with Crippen LogP contribution in [0.3, 0.4) is 0 Å². The molecule has 2 rings (SSSR count). The summed E-state index contributed by atoms with van der Waals surface area (Å²) in [5, 5.41) is 14.7. The van der Waals surface area contributed by atoms with Crippen LogP contribution < -0.4 is 10.6 Å². The predicted molar refractivity (Wildman–Crippen MR) is 107 cm³/mol. The minimum absolute atomic E-state index is 0. The molecule has 1 fully saturated rings. The molecule has 0 aliphatic heterocycles. The maximum atomic E-state index is 5.63. The van der Waals surface area contributed by atoms with Crippen molar-refractivity contribution in [3.63, 3.8) is 0 Å². The molecular weight excluding hydrogens is 419 g/mol. The van der Waals surface area contributed by atoms with Crippen molar-refractivity contribution in [2.24, 2.45) is 18.0 Å². The van der Waals surface area contributed by atoms with Gasteiger partial charge in [0.05, 0.1) is 0 Å². The first-order valence-corrected chi connectivity index (χ1v) is 8.26. The molecule has 8 heteroatoms. The van der Waals surface area contributed by atoms with Crippen LogP contribution in [0.15, 0.2) is 17.6 Å². The molecule has 1 aliphatic carbocycles. The lowest BCUT2D eigenvalue weighted by Crippen LogP contribution is -2.38. The Morgan fingerprint density at radius 1 is 1.42 bits per heavy atom. The van der Waals surface area contributed by atoms with E-state index in [0.29, 0.717) is 13.1 Å². The van der Waals surface area contributed by atoms with Gasteiger partial charge in [-0.05, 0) is 32.1 Å². The van der Waals surface area contributed by atoms with E-state index in [9.17, 15) is 0 Å². The van der Waals surface area contributed by atoms with Crippen LogP contribution >= 0.6 is 24.0 Å². The van der Waals surface area contributed by atoms with Crippen molar-refractivity contribution >= 4 is 29.9 Å². The number of halogens is 1. The zero-order valence-electron chi connectivity index (χ0n) is 14.6. The van der Waals surface area contributed by atoms with E-state index in [-0.39, 0.29) is 24.0 Å². The fourth-order valence-corrected chi connectivity index (χ4v) is 2.00. The van der Waals surface area contributed by atoms with Gasteiger partial charge in [-0.1, -0.05) is 6.08 Å². The lowest BCUT2D eigenvalue weighted by Gasteiger charge is -2.11. The van der Waals surface area contributed by atoms with Gasteiger partial charge in [0.1, 0.15) is 12.4 Å². The largest absolute Gasteiger partial charge is 0.381 e. The predicted octanol–water partition coefficient (Wildman–Crippen LogP) is 1.78. The van der Waals surface area contributed by atoms with Crippen molar-refractivity contribution in [3.8, 4) is 0 Å². The Hall–Kier alpha value is -1.16. The van der Waals surface area contributed by atoms with E-state index in [1.807, 2.05) is 24.6 Å². The van der Waals surface area contributed by atoms with Crippen LogP contribution in [-0.4, -0.2) is 47.0 Å². The maximum absolute atomic E-state index is 5.63. The summed E-state index contributed by atoms with van der Waals surface area (Å²) in [6.07, 6.45) is 5.44. The molecule has 0 amide bonds. The van der Waals surface area contributed by atoms with Crippen molar-refractivity contribution in [1.82, 2.24) is 25.4 Å². The van der Waals surface area contributed by atoms with Gasteiger partial charge in [0, 0.05) is 33.4 Å². The molecule has 0 aromatic carbocycles. The smallest absolute Gasteiger partial charge is 0.191 e. The molecule has 1 aliphatic rings. The van der Waals surface area contributed by atoms with E-state index >= 15 is 0 Å². The minimum atomic E-state index is 0. The number of aliphatic imine (C=N–C) groups is 1. The number of rotatable bonds is 10. The zero-order valence-corrected chi connectivity index (χ0v) is 17.0. The lowest BCUT2D eigenvalue weighted by molar-refractivity contribution is 0.123. The molecule has 24 heavy (non-hydrogen) atoms. The Labute approximate surface area is 161 Å². The number of hydrogen-bond donors (Lipinski definition) is 2. The fourth-order valence-electron chi connectivity index (χ4n) is 2.00. The highest BCUT2D eigenvalue weighted by Gasteiger charge is 2.20. The van der Waals surface area contributed by atoms with Gasteiger partial charge in [0.15, 0.2) is 11.8 Å². The Morgan fingerprint density at radius 3 is 2.83 bits per heavy atom. The molecule has 1 heterocycles. The van der Waals surface area contributed by atoms with Crippen LogP contribution in [-0.2, 0) is 18.3 Å². The van der Waals surface area contributed by atoms with Crippen LogP contribution in [0.4, 0.5) is 0 Å². The highest BCUT2D eigenvalue weighted by atomic mass is 127. The summed E-state index contributed by atoms with van der Waals surface area (Å²) in [4.78, 5) is 4.54. The summed E-state index contributed by atoms with van der Waals surface area (Å²) in [6.45, 7) is 9.34. The summed E-state index contributed by atoms with van der Waals surface area (Å²) in [7, 11) is 1.95. The van der Waals surface area contributed by atoms with Crippen LogP contribution in [0.5, 0.6) is 0 Å². The first kappa shape index (κ1) is 20.9. The number of guanidine groups is 1. The molecule has 2 N–H and O–H groups in total. The molecule has 0 bridgehead atoms. The van der Waals surface area contributed by atoms with Gasteiger partial charge in [0.2, 0.25) is 0 Å². The fraction of sp³-hybridized carbons (Fsp3) is 0.688. The summed E-state index contributed by atoms with van der Waals surface area (Å²) >= 11 is 0. The van der Waals surface area contributed by atoms with Crippen molar-refractivity contribution < 1.29 is 4.74 Å². The second-order valence-electron chi connectivity index (χ2n) is 5.86. The summed E-state index contributed by atoms with van der Waals surface area (Å²) in [5.74, 6) is 3.31. The molecular formula is C16H29IN6O. The third-order valence-electron chi connectivity index (χ3n) is 3.78. The van der Waals surface area contributed by atoms with E-state index in [4.69, 9.17) is 4.74 Å².